The molecule has 2 unspecified atom stereocenters. The van der Waals surface area contributed by atoms with E-state index in [9.17, 15) is 5.11 Å². The van der Waals surface area contributed by atoms with Gasteiger partial charge in [0.15, 0.2) is 0 Å². The molecule has 4 nitrogen and oxygen atoms in total. The van der Waals surface area contributed by atoms with Crippen LogP contribution >= 0.6 is 15.9 Å². The molecular formula is C11H17BrN2O2. The second kappa shape index (κ2) is 4.85. The molecule has 0 amide bonds. The average Bonchev–Trinajstić information content (AvgIpc) is 2.84. The number of aromatic nitrogens is 2. The summed E-state index contributed by atoms with van der Waals surface area (Å²) in [6.07, 6.45) is 2.98. The Bertz CT molecular complexity index is 359. The highest BCUT2D eigenvalue weighted by Gasteiger charge is 2.30. The topological polar surface area (TPSA) is 47.3 Å². The summed E-state index contributed by atoms with van der Waals surface area (Å²) in [5.74, 6) is 0. The van der Waals surface area contributed by atoms with E-state index in [-0.39, 0.29) is 12.1 Å². The Morgan fingerprint density at radius 2 is 2.38 bits per heavy atom. The number of ether oxygens (including phenoxy) is 1. The molecule has 2 atom stereocenters. The fraction of sp³-hybridized carbons (Fsp3) is 0.727. The number of rotatable bonds is 3. The summed E-state index contributed by atoms with van der Waals surface area (Å²) in [6, 6.07) is 0.234. The number of halogens is 1. The lowest BCUT2D eigenvalue weighted by Gasteiger charge is -2.21. The molecule has 2 heterocycles. The van der Waals surface area contributed by atoms with E-state index in [1.54, 1.807) is 6.20 Å². The van der Waals surface area contributed by atoms with Crippen LogP contribution in [0.3, 0.4) is 0 Å². The molecule has 1 fully saturated rings. The molecule has 1 aromatic rings. The Balaban J connectivity index is 2.27. The van der Waals surface area contributed by atoms with Gasteiger partial charge in [-0.3, -0.25) is 4.68 Å². The van der Waals surface area contributed by atoms with Crippen molar-refractivity contribution in [3.8, 4) is 0 Å². The molecule has 0 saturated carbocycles. The largest absolute Gasteiger partial charge is 0.384 e. The predicted octanol–water partition coefficient (Wildman–Crippen LogP) is 2.44. The number of hydrogen-bond donors (Lipinski definition) is 1. The fourth-order valence-electron chi connectivity index (χ4n) is 2.07. The normalized spacial score (nSPS) is 22.9. The van der Waals surface area contributed by atoms with Gasteiger partial charge in [0.2, 0.25) is 0 Å². The van der Waals surface area contributed by atoms with E-state index in [0.717, 1.165) is 29.6 Å². The van der Waals surface area contributed by atoms with E-state index in [0.29, 0.717) is 0 Å². The Hall–Kier alpha value is -0.390. The molecule has 2 rings (SSSR count). The zero-order valence-corrected chi connectivity index (χ0v) is 11.1. The molecule has 0 bridgehead atoms. The highest BCUT2D eigenvalue weighted by atomic mass is 79.9. The summed E-state index contributed by atoms with van der Waals surface area (Å²) in [5.41, 5.74) is 0.821. The van der Waals surface area contributed by atoms with Crippen molar-refractivity contribution in [3.63, 3.8) is 0 Å². The Morgan fingerprint density at radius 3 is 2.94 bits per heavy atom. The van der Waals surface area contributed by atoms with Crippen molar-refractivity contribution in [2.75, 3.05) is 6.61 Å². The van der Waals surface area contributed by atoms with Gasteiger partial charge in [0.25, 0.3) is 0 Å². The molecule has 1 aliphatic rings. The SMILES string of the molecule is CC(C)n1ncc(Br)c1C(O)C1CCCO1. The summed E-state index contributed by atoms with van der Waals surface area (Å²) >= 11 is 3.43. The van der Waals surface area contributed by atoms with Crippen molar-refractivity contribution < 1.29 is 9.84 Å². The number of nitrogens with zero attached hydrogens (tertiary/aromatic N) is 2. The van der Waals surface area contributed by atoms with Crippen LogP contribution in [0.15, 0.2) is 10.7 Å². The first-order valence-electron chi connectivity index (χ1n) is 5.64. The molecule has 1 aliphatic heterocycles. The van der Waals surface area contributed by atoms with E-state index >= 15 is 0 Å². The van der Waals surface area contributed by atoms with Crippen LogP contribution in [0.25, 0.3) is 0 Å². The minimum atomic E-state index is -0.596. The van der Waals surface area contributed by atoms with Crippen LogP contribution < -0.4 is 0 Å². The van der Waals surface area contributed by atoms with Crippen LogP contribution in [0.2, 0.25) is 0 Å². The number of hydrogen-bond acceptors (Lipinski definition) is 3. The molecule has 1 aromatic heterocycles. The van der Waals surface area contributed by atoms with Gasteiger partial charge in [0.1, 0.15) is 6.10 Å². The number of aliphatic hydroxyl groups is 1. The third-order valence-electron chi connectivity index (χ3n) is 2.87. The molecule has 0 aliphatic carbocycles. The second-order valence-electron chi connectivity index (χ2n) is 4.41. The second-order valence-corrected chi connectivity index (χ2v) is 5.27. The monoisotopic (exact) mass is 288 g/mol. The summed E-state index contributed by atoms with van der Waals surface area (Å²) in [5, 5.41) is 14.6. The van der Waals surface area contributed by atoms with Gasteiger partial charge in [-0.15, -0.1) is 0 Å². The van der Waals surface area contributed by atoms with Gasteiger partial charge in [-0.1, -0.05) is 0 Å². The van der Waals surface area contributed by atoms with Gasteiger partial charge in [-0.05, 0) is 42.6 Å². The Kier molecular flexibility index (Phi) is 3.66. The van der Waals surface area contributed by atoms with E-state index in [1.165, 1.54) is 0 Å². The zero-order valence-electron chi connectivity index (χ0n) is 9.56. The van der Waals surface area contributed by atoms with Gasteiger partial charge in [0, 0.05) is 12.6 Å². The van der Waals surface area contributed by atoms with Crippen LogP contribution in [-0.2, 0) is 4.74 Å². The van der Waals surface area contributed by atoms with Crippen molar-refractivity contribution in [1.29, 1.82) is 0 Å². The molecular weight excluding hydrogens is 272 g/mol. The van der Waals surface area contributed by atoms with Gasteiger partial charge < -0.3 is 9.84 Å². The van der Waals surface area contributed by atoms with Crippen LogP contribution in [0, 0.1) is 0 Å². The highest BCUT2D eigenvalue weighted by Crippen LogP contribution is 2.32. The molecule has 5 heteroatoms. The average molecular weight is 289 g/mol. The van der Waals surface area contributed by atoms with Gasteiger partial charge >= 0.3 is 0 Å². The first-order chi connectivity index (χ1) is 7.61. The summed E-state index contributed by atoms with van der Waals surface area (Å²) in [4.78, 5) is 0. The van der Waals surface area contributed by atoms with Gasteiger partial charge in [-0.2, -0.15) is 5.10 Å². The van der Waals surface area contributed by atoms with Gasteiger partial charge in [-0.25, -0.2) is 0 Å². The zero-order chi connectivity index (χ0) is 11.7. The molecule has 16 heavy (non-hydrogen) atoms. The van der Waals surface area contributed by atoms with Crippen LogP contribution in [0.1, 0.15) is 44.5 Å². The van der Waals surface area contributed by atoms with Crippen LogP contribution in [0.5, 0.6) is 0 Å². The van der Waals surface area contributed by atoms with E-state index in [4.69, 9.17) is 4.74 Å². The Morgan fingerprint density at radius 1 is 1.62 bits per heavy atom. The third-order valence-corrected chi connectivity index (χ3v) is 3.48. The maximum atomic E-state index is 10.3. The van der Waals surface area contributed by atoms with Crippen molar-refractivity contribution in [2.24, 2.45) is 0 Å². The summed E-state index contributed by atoms with van der Waals surface area (Å²) in [7, 11) is 0. The van der Waals surface area contributed by atoms with E-state index in [2.05, 4.69) is 21.0 Å². The lowest BCUT2D eigenvalue weighted by atomic mass is 10.1. The fourth-order valence-corrected chi connectivity index (χ4v) is 2.57. The van der Waals surface area contributed by atoms with E-state index in [1.807, 2.05) is 18.5 Å². The van der Waals surface area contributed by atoms with Crippen molar-refractivity contribution in [3.05, 3.63) is 16.4 Å². The molecule has 90 valence electrons. The predicted molar refractivity (Wildman–Crippen MR) is 64.2 cm³/mol. The lowest BCUT2D eigenvalue weighted by molar-refractivity contribution is -0.00779. The maximum absolute atomic E-state index is 10.3. The Labute approximate surface area is 104 Å². The minimum Gasteiger partial charge on any atom is -0.384 e. The summed E-state index contributed by atoms with van der Waals surface area (Å²) < 4.78 is 8.21. The van der Waals surface area contributed by atoms with E-state index < -0.39 is 6.10 Å². The van der Waals surface area contributed by atoms with Gasteiger partial charge in [0.05, 0.1) is 22.5 Å². The molecule has 0 aromatic carbocycles. The molecule has 0 spiro atoms. The standard InChI is InChI=1S/C11H17BrN2O2/c1-7(2)14-10(8(12)6-13-14)11(15)9-4-3-5-16-9/h6-7,9,11,15H,3-5H2,1-2H3. The first-order valence-corrected chi connectivity index (χ1v) is 6.43. The maximum Gasteiger partial charge on any atom is 0.123 e. The third kappa shape index (κ3) is 2.17. The van der Waals surface area contributed by atoms with Crippen molar-refractivity contribution in [2.45, 2.75) is 44.9 Å². The molecule has 1 saturated heterocycles. The van der Waals surface area contributed by atoms with Crippen LogP contribution in [-0.4, -0.2) is 27.6 Å². The first kappa shape index (κ1) is 12.1. The van der Waals surface area contributed by atoms with Crippen molar-refractivity contribution in [1.82, 2.24) is 9.78 Å². The van der Waals surface area contributed by atoms with Crippen molar-refractivity contribution >= 4 is 15.9 Å². The number of aliphatic hydroxyl groups excluding tert-OH is 1. The quantitative estimate of drug-likeness (QED) is 0.929. The smallest absolute Gasteiger partial charge is 0.123 e. The highest BCUT2D eigenvalue weighted by molar-refractivity contribution is 9.10. The molecule has 0 radical (unpaired) electrons. The lowest BCUT2D eigenvalue weighted by Crippen LogP contribution is -2.22. The minimum absolute atomic E-state index is 0.0921. The summed E-state index contributed by atoms with van der Waals surface area (Å²) in [6.45, 7) is 4.84. The molecule has 1 N–H and O–H groups in total. The van der Waals surface area contributed by atoms with Crippen LogP contribution in [0.4, 0.5) is 0 Å².